The topological polar surface area (TPSA) is 206 Å². The van der Waals surface area contributed by atoms with Crippen molar-refractivity contribution in [2.75, 3.05) is 14.2 Å². The van der Waals surface area contributed by atoms with Gasteiger partial charge in [0.15, 0.2) is 0 Å². The molecule has 0 unspecified atom stereocenters. The number of fused-ring (bicyclic) bond motifs is 4. The summed E-state index contributed by atoms with van der Waals surface area (Å²) in [4.78, 5) is 70.3. The van der Waals surface area contributed by atoms with Crippen LogP contribution >= 0.6 is 0 Å². The van der Waals surface area contributed by atoms with Crippen LogP contribution in [0, 0.1) is 0 Å². The SMILES string of the molecule is C.C.CC(C)(C)OC(=O)CCc1ccc2c(c1)C=CC2.COC(=O)C(=O)C1=CCc2ccc(CCC(=O)OC(C)(C)C)cc21.COC(=O)CC1=CCc2ccc(CCC(=O)OC(C)(C)C)cc21.NCc1ccc2c(c1)C=CC2.O.[2H]CC. The highest BCUT2D eigenvalue weighted by Crippen LogP contribution is 2.32. The number of hydrogen-bond acceptors (Lipinski definition) is 12. The van der Waals surface area contributed by atoms with E-state index in [4.69, 9.17) is 26.1 Å². The van der Waals surface area contributed by atoms with Crippen LogP contribution in [-0.4, -0.2) is 72.1 Å². The lowest BCUT2D eigenvalue weighted by Gasteiger charge is -2.19. The summed E-state index contributed by atoms with van der Waals surface area (Å²) in [5.74, 6) is -2.32. The average Bonchev–Trinajstić information content (AvgIpc) is 4.43. The summed E-state index contributed by atoms with van der Waals surface area (Å²) in [6, 6.07) is 24.8. The molecule has 0 aliphatic heterocycles. The predicted molar refractivity (Wildman–Crippen MR) is 327 cm³/mol. The first-order valence-corrected chi connectivity index (χ1v) is 26.8. The predicted octanol–water partition coefficient (Wildman–Crippen LogP) is 12.8. The third-order valence-corrected chi connectivity index (χ3v) is 12.3. The summed E-state index contributed by atoms with van der Waals surface area (Å²) < 4.78 is 31.4. The second-order valence-corrected chi connectivity index (χ2v) is 22.1. The molecule has 13 heteroatoms. The van der Waals surface area contributed by atoms with E-state index < -0.39 is 28.6 Å². The second kappa shape index (κ2) is 33.5. The molecule has 13 nitrogen and oxygen atoms in total. The highest BCUT2D eigenvalue weighted by Gasteiger charge is 2.27. The van der Waals surface area contributed by atoms with Gasteiger partial charge in [0.05, 0.1) is 20.6 Å². The summed E-state index contributed by atoms with van der Waals surface area (Å²) in [5.41, 5.74) is 19.4. The van der Waals surface area contributed by atoms with Crippen LogP contribution in [0.15, 0.2) is 97.1 Å². The maximum atomic E-state index is 12.1. The molecule has 0 saturated heterocycles. The number of Topliss-reactive ketones (excluding diaryl/α,β-unsaturated/α-hetero) is 1. The quantitative estimate of drug-likeness (QED) is 0.0711. The molecule has 0 heterocycles. The van der Waals surface area contributed by atoms with Gasteiger partial charge in [-0.15, -0.1) is 0 Å². The van der Waals surface area contributed by atoms with Crippen molar-refractivity contribution in [3.8, 4) is 0 Å². The average molecular weight is 1120 g/mol. The largest absolute Gasteiger partial charge is 0.469 e. The van der Waals surface area contributed by atoms with Gasteiger partial charge in [0, 0.05) is 32.8 Å². The Morgan fingerprint density at radius 3 is 1.32 bits per heavy atom. The van der Waals surface area contributed by atoms with Gasteiger partial charge in [-0.25, -0.2) is 4.79 Å². The number of methoxy groups -OCH3 is 2. The van der Waals surface area contributed by atoms with Crippen LogP contribution in [0.5, 0.6) is 0 Å². The lowest BCUT2D eigenvalue weighted by molar-refractivity contribution is -0.155. The molecule has 0 atom stereocenters. The summed E-state index contributed by atoms with van der Waals surface area (Å²) in [6.45, 7) is 19.7. The van der Waals surface area contributed by atoms with Crippen molar-refractivity contribution in [2.24, 2.45) is 5.73 Å². The number of benzene rings is 4. The zero-order chi connectivity index (χ0) is 58.5. The number of carbonyl (C=O) groups is 6. The minimum Gasteiger partial charge on any atom is -0.469 e. The maximum absolute atomic E-state index is 12.1. The third-order valence-electron chi connectivity index (χ3n) is 12.3. The van der Waals surface area contributed by atoms with Crippen molar-refractivity contribution < 1.29 is 59.3 Å². The summed E-state index contributed by atoms with van der Waals surface area (Å²) >= 11 is 0. The molecule has 4 aliphatic rings. The van der Waals surface area contributed by atoms with E-state index >= 15 is 0 Å². The van der Waals surface area contributed by atoms with E-state index in [1.165, 1.54) is 53.2 Å². The minimum absolute atomic E-state index is 0. The molecule has 0 fully saturated rings. The van der Waals surface area contributed by atoms with Gasteiger partial charge in [0.2, 0.25) is 0 Å². The van der Waals surface area contributed by atoms with Crippen molar-refractivity contribution in [2.45, 2.75) is 185 Å². The number of ketones is 1. The first-order valence-electron chi connectivity index (χ1n) is 27.5. The molecule has 8 rings (SSSR count). The molecule has 0 radical (unpaired) electrons. The number of allylic oxidation sites excluding steroid dienone is 4. The fourth-order valence-corrected chi connectivity index (χ4v) is 8.74. The fraction of sp³-hybridized carbons (Fsp3) is 0.441. The van der Waals surface area contributed by atoms with E-state index in [0.717, 1.165) is 59.1 Å². The van der Waals surface area contributed by atoms with Gasteiger partial charge in [-0.05, 0) is 180 Å². The molecular formula is C68H93NO12. The molecule has 0 saturated carbocycles. The lowest BCUT2D eigenvalue weighted by atomic mass is 9.98. The van der Waals surface area contributed by atoms with Gasteiger partial charge < -0.3 is 34.9 Å². The summed E-state index contributed by atoms with van der Waals surface area (Å²) in [7, 11) is 2.59. The summed E-state index contributed by atoms with van der Waals surface area (Å²) in [5, 5.41) is 0. The van der Waals surface area contributed by atoms with Crippen molar-refractivity contribution in [1.82, 2.24) is 0 Å². The van der Waals surface area contributed by atoms with E-state index in [0.29, 0.717) is 57.5 Å². The Morgan fingerprint density at radius 1 is 0.519 bits per heavy atom. The molecule has 4 aromatic carbocycles. The van der Waals surface area contributed by atoms with Gasteiger partial charge in [0.1, 0.15) is 16.8 Å². The zero-order valence-corrected chi connectivity index (χ0v) is 48.7. The molecular weight excluding hydrogens is 1020 g/mol. The molecule has 4 aromatic rings. The summed E-state index contributed by atoms with van der Waals surface area (Å²) in [6.07, 6.45) is 19.3. The maximum Gasteiger partial charge on any atom is 0.379 e. The Labute approximate surface area is 485 Å². The molecule has 4 N–H and O–H groups in total. The molecule has 0 spiro atoms. The molecule has 442 valence electrons. The second-order valence-electron chi connectivity index (χ2n) is 22.1. The van der Waals surface area contributed by atoms with Gasteiger partial charge >= 0.3 is 29.8 Å². The number of ether oxygens (including phenoxy) is 5. The van der Waals surface area contributed by atoms with Gasteiger partial charge in [0.25, 0.3) is 5.78 Å². The zero-order valence-electron chi connectivity index (χ0n) is 49.7. The Morgan fingerprint density at radius 2 is 0.901 bits per heavy atom. The Kier molecular flexibility index (Phi) is 28.9. The number of hydrogen-bond donors (Lipinski definition) is 1. The molecule has 0 amide bonds. The Bertz CT molecular complexity index is 2920. The van der Waals surface area contributed by atoms with Gasteiger partial charge in [-0.1, -0.05) is 138 Å². The van der Waals surface area contributed by atoms with E-state index in [1.54, 1.807) is 13.0 Å². The first-order chi connectivity index (χ1) is 37.2. The van der Waals surface area contributed by atoms with Crippen molar-refractivity contribution in [3.63, 3.8) is 0 Å². The van der Waals surface area contributed by atoms with E-state index in [1.807, 2.05) is 86.6 Å². The number of aryl methyl sites for hydroxylation is 3. The Balaban J connectivity index is 0.000000545. The standard InChI is InChI=1S/C19H22O5.C19H24O4.C16H20O2.C10H11N.C2H6.2CH4.H2O/c1-19(2,3)24-16(20)10-6-12-5-7-13-8-9-14(15(13)11-12)17(21)18(22)23-4;1-19(2,3)23-17(20)10-6-13-5-7-14-8-9-15(16(14)11-13)12-18(21)22-4;1-16(2,3)18-15(17)10-8-12-7-9-13-5-4-6-14(13)11-12;11-7-8-4-5-9-2-1-3-10(9)6-8;1-2;;;/h5,7,9,11H,6,8,10H2,1-4H3;5,7,9,11H,6,8,10,12H2,1-4H3;4,6-7,9,11H,5,8,10H2,1-3H3;1,3-6H,2,7,11H2;1-2H3;2*1H4;1H2/i;;;;1D;;;. The fourth-order valence-electron chi connectivity index (χ4n) is 8.74. The first kappa shape index (κ1) is 69.9. The molecule has 81 heavy (non-hydrogen) atoms. The van der Waals surface area contributed by atoms with Crippen LogP contribution in [-0.2, 0) is 104 Å². The van der Waals surface area contributed by atoms with Crippen LogP contribution in [0.1, 0.15) is 185 Å². The van der Waals surface area contributed by atoms with Gasteiger partial charge in [-0.2, -0.15) is 0 Å². The lowest BCUT2D eigenvalue weighted by Crippen LogP contribution is -2.24. The molecule has 0 aromatic heterocycles. The number of rotatable bonds is 14. The van der Waals surface area contributed by atoms with E-state index in [2.05, 4.69) is 83.6 Å². The van der Waals surface area contributed by atoms with E-state index in [-0.39, 0.29) is 50.6 Å². The van der Waals surface area contributed by atoms with Crippen LogP contribution in [0.4, 0.5) is 0 Å². The van der Waals surface area contributed by atoms with Crippen molar-refractivity contribution in [3.05, 3.63) is 164 Å². The monoisotopic (exact) mass is 1120 g/mol. The van der Waals surface area contributed by atoms with Gasteiger partial charge in [-0.3, -0.25) is 24.0 Å². The van der Waals surface area contributed by atoms with Crippen molar-refractivity contribution >= 4 is 58.9 Å². The van der Waals surface area contributed by atoms with Crippen LogP contribution < -0.4 is 5.73 Å². The van der Waals surface area contributed by atoms with Crippen LogP contribution in [0.25, 0.3) is 23.3 Å². The van der Waals surface area contributed by atoms with Crippen molar-refractivity contribution in [1.29, 1.82) is 0 Å². The number of esters is 5. The number of carbonyl (C=O) groups excluding carboxylic acids is 6. The highest BCUT2D eigenvalue weighted by atomic mass is 16.6. The smallest absolute Gasteiger partial charge is 0.379 e. The normalized spacial score (nSPS) is 12.7. The molecule has 4 aliphatic carbocycles. The van der Waals surface area contributed by atoms with E-state index in [9.17, 15) is 28.8 Å². The molecule has 0 bridgehead atoms. The van der Waals surface area contributed by atoms with Crippen LogP contribution in [0.2, 0.25) is 0 Å². The minimum atomic E-state index is -0.867. The number of nitrogens with two attached hydrogens (primary N) is 1. The van der Waals surface area contributed by atoms with Crippen LogP contribution in [0.3, 0.4) is 0 Å². The Hall–Kier alpha value is -7.22. The third kappa shape index (κ3) is 24.2. The highest BCUT2D eigenvalue weighted by molar-refractivity contribution is 6.52.